The van der Waals surface area contributed by atoms with Gasteiger partial charge in [-0.1, -0.05) is 0 Å². The maximum Gasteiger partial charge on any atom is 0.481 e. The third kappa shape index (κ3) is 7.40. The van der Waals surface area contributed by atoms with Crippen LogP contribution in [0.4, 0.5) is 0 Å². The summed E-state index contributed by atoms with van der Waals surface area (Å²) in [6.45, 7) is -1.27. The van der Waals surface area contributed by atoms with Crippen LogP contribution in [-0.2, 0) is 31.8 Å². The lowest BCUT2D eigenvalue weighted by Gasteiger charge is -2.21. The normalized spacial score (nSPS) is 30.3. The molecule has 1 aliphatic heterocycles. The van der Waals surface area contributed by atoms with Crippen molar-refractivity contribution in [3.63, 3.8) is 0 Å². The zero-order valence-corrected chi connectivity index (χ0v) is 12.7. The first-order valence-corrected chi connectivity index (χ1v) is 9.62. The summed E-state index contributed by atoms with van der Waals surface area (Å²) in [5.41, 5.74) is 0. The number of phosphoric ester groups is 2. The molecule has 0 aliphatic carbocycles. The second-order valence-corrected chi connectivity index (χ2v) is 7.86. The molecular formula is C5H13O13P3. The molecular weight excluding hydrogens is 361 g/mol. The summed E-state index contributed by atoms with van der Waals surface area (Å²) in [4.78, 5) is 43.0. The summed E-state index contributed by atoms with van der Waals surface area (Å²) in [5.74, 6) is 0. The van der Waals surface area contributed by atoms with Crippen molar-refractivity contribution in [2.75, 3.05) is 13.2 Å². The average molecular weight is 374 g/mol. The van der Waals surface area contributed by atoms with E-state index < -0.39 is 55.0 Å². The summed E-state index contributed by atoms with van der Waals surface area (Å²) in [7, 11) is -15.4. The second kappa shape index (κ2) is 6.81. The molecule has 1 unspecified atom stereocenters. The lowest BCUT2D eigenvalue weighted by atomic mass is 10.2. The van der Waals surface area contributed by atoms with Gasteiger partial charge in [-0.2, -0.15) is 4.31 Å². The highest BCUT2D eigenvalue weighted by atomic mass is 31.3. The predicted octanol–water partition coefficient (Wildman–Crippen LogP) is -1.55. The molecule has 13 nitrogen and oxygen atoms in total. The van der Waals surface area contributed by atoms with Crippen LogP contribution >= 0.6 is 23.5 Å². The molecule has 0 aromatic carbocycles. The Morgan fingerprint density at radius 1 is 1.05 bits per heavy atom. The molecule has 1 rings (SSSR count). The Kier molecular flexibility index (Phi) is 6.27. The van der Waals surface area contributed by atoms with Gasteiger partial charge in [-0.25, -0.2) is 13.7 Å². The van der Waals surface area contributed by atoms with Crippen molar-refractivity contribution in [1.29, 1.82) is 0 Å². The highest BCUT2D eigenvalue weighted by Crippen LogP contribution is 2.57. The zero-order valence-electron chi connectivity index (χ0n) is 10.0. The van der Waals surface area contributed by atoms with E-state index in [0.717, 1.165) is 0 Å². The van der Waals surface area contributed by atoms with Crippen LogP contribution in [0.15, 0.2) is 0 Å². The van der Waals surface area contributed by atoms with Crippen molar-refractivity contribution < 1.29 is 61.4 Å². The Labute approximate surface area is 117 Å². The van der Waals surface area contributed by atoms with Crippen LogP contribution in [0.25, 0.3) is 0 Å². The first kappa shape index (κ1) is 19.3. The number of aliphatic hydroxyl groups excluding tert-OH is 1. The minimum absolute atomic E-state index is 0.395. The largest absolute Gasteiger partial charge is 0.481 e. The van der Waals surface area contributed by atoms with Crippen LogP contribution in [0.5, 0.6) is 0 Å². The molecule has 0 aromatic heterocycles. The van der Waals surface area contributed by atoms with E-state index in [9.17, 15) is 18.8 Å². The van der Waals surface area contributed by atoms with E-state index in [2.05, 4.69) is 13.4 Å². The van der Waals surface area contributed by atoms with E-state index in [1.54, 1.807) is 0 Å². The van der Waals surface area contributed by atoms with Gasteiger partial charge in [0.2, 0.25) is 0 Å². The molecule has 6 N–H and O–H groups in total. The van der Waals surface area contributed by atoms with Gasteiger partial charge in [0.1, 0.15) is 18.3 Å². The minimum Gasteiger partial charge on any atom is -0.388 e. The van der Waals surface area contributed by atoms with E-state index in [0.29, 0.717) is 0 Å². The van der Waals surface area contributed by atoms with Crippen LogP contribution < -0.4 is 0 Å². The fraction of sp³-hybridized carbons (Fsp3) is 1.00. The minimum atomic E-state index is -5.29. The van der Waals surface area contributed by atoms with Crippen LogP contribution in [0, 0.1) is 0 Å². The Morgan fingerprint density at radius 3 is 2.10 bits per heavy atom. The van der Waals surface area contributed by atoms with E-state index in [-0.39, 0.29) is 0 Å². The first-order chi connectivity index (χ1) is 9.29. The van der Waals surface area contributed by atoms with Crippen molar-refractivity contribution >= 4 is 23.5 Å². The lowest BCUT2D eigenvalue weighted by molar-refractivity contribution is -0.00598. The van der Waals surface area contributed by atoms with Gasteiger partial charge in [-0.3, -0.25) is 9.05 Å². The molecule has 1 fully saturated rings. The van der Waals surface area contributed by atoms with Gasteiger partial charge in [0.05, 0.1) is 13.2 Å². The molecule has 16 heteroatoms. The van der Waals surface area contributed by atoms with Crippen molar-refractivity contribution in [3.8, 4) is 0 Å². The number of hydrogen-bond donors (Lipinski definition) is 6. The van der Waals surface area contributed by atoms with Gasteiger partial charge in [-0.05, 0) is 0 Å². The predicted molar refractivity (Wildman–Crippen MR) is 61.6 cm³/mol. The van der Waals surface area contributed by atoms with Gasteiger partial charge in [0.15, 0.2) is 0 Å². The number of rotatable bonds is 7. The van der Waals surface area contributed by atoms with Crippen LogP contribution in [-0.4, -0.2) is 61.1 Å². The van der Waals surface area contributed by atoms with Gasteiger partial charge < -0.3 is 34.3 Å². The quantitative estimate of drug-likeness (QED) is 0.279. The van der Waals surface area contributed by atoms with E-state index >= 15 is 0 Å². The van der Waals surface area contributed by atoms with Crippen LogP contribution in [0.3, 0.4) is 0 Å². The first-order valence-electron chi connectivity index (χ1n) is 5.07. The summed E-state index contributed by atoms with van der Waals surface area (Å²) >= 11 is 0. The number of aliphatic hydroxyl groups is 1. The van der Waals surface area contributed by atoms with E-state index in [4.69, 9.17) is 29.2 Å². The maximum absolute atomic E-state index is 11.2. The number of phosphoric acid groups is 3. The van der Waals surface area contributed by atoms with Crippen LogP contribution in [0.2, 0.25) is 0 Å². The Bertz CT molecular complexity index is 492. The fourth-order valence-electron chi connectivity index (χ4n) is 1.42. The topological polar surface area (TPSA) is 210 Å². The number of hydrogen-bond acceptors (Lipinski definition) is 8. The molecule has 1 heterocycles. The van der Waals surface area contributed by atoms with Crippen molar-refractivity contribution in [3.05, 3.63) is 0 Å². The molecule has 0 bridgehead atoms. The highest BCUT2D eigenvalue weighted by Gasteiger charge is 2.43. The maximum atomic E-state index is 11.2. The van der Waals surface area contributed by atoms with Gasteiger partial charge >= 0.3 is 23.5 Å². The highest BCUT2D eigenvalue weighted by molar-refractivity contribution is 7.60. The summed E-state index contributed by atoms with van der Waals surface area (Å²) < 4.78 is 49.0. The molecule has 0 aromatic rings. The molecule has 0 radical (unpaired) electrons. The molecule has 0 saturated carbocycles. The Balaban J connectivity index is 2.63. The summed E-state index contributed by atoms with van der Waals surface area (Å²) in [6, 6.07) is 0. The monoisotopic (exact) mass is 374 g/mol. The van der Waals surface area contributed by atoms with Crippen LogP contribution in [0.1, 0.15) is 0 Å². The molecule has 126 valence electrons. The summed E-state index contributed by atoms with van der Waals surface area (Å²) in [5, 5.41) is 9.40. The molecule has 0 amide bonds. The Morgan fingerprint density at radius 2 is 1.62 bits per heavy atom. The third-order valence-corrected chi connectivity index (χ3v) is 4.77. The van der Waals surface area contributed by atoms with Crippen molar-refractivity contribution in [2.24, 2.45) is 0 Å². The van der Waals surface area contributed by atoms with Crippen molar-refractivity contribution in [1.82, 2.24) is 0 Å². The fourth-order valence-corrected chi connectivity index (χ4v) is 3.62. The molecule has 1 saturated heterocycles. The standard InChI is InChI=1S/C5H13O13P3/c6-3-1-15-4(5(3)17-19(7,8)9)2-16-21(13,14)18-20(10,11)12/h3-6H,1-2H2,(H,13,14)(H2,7,8,9)(H2,10,11,12)/t3-,4+,5-/m0/s1. The van der Waals surface area contributed by atoms with Gasteiger partial charge in [0, 0.05) is 0 Å². The SMILES string of the molecule is O=P(O)(O)O[C@H]1[C@@H](O)CO[C@@H]1COP(=O)(O)OP(=O)(O)O. The molecule has 0 spiro atoms. The molecule has 1 aliphatic rings. The zero-order chi connectivity index (χ0) is 16.5. The van der Waals surface area contributed by atoms with E-state index in [1.807, 2.05) is 0 Å². The van der Waals surface area contributed by atoms with E-state index in [1.165, 1.54) is 0 Å². The molecule has 4 atom stereocenters. The van der Waals surface area contributed by atoms with Crippen molar-refractivity contribution in [2.45, 2.75) is 18.3 Å². The van der Waals surface area contributed by atoms with Gasteiger partial charge in [0.25, 0.3) is 0 Å². The third-order valence-electron chi connectivity index (χ3n) is 2.10. The lowest BCUT2D eigenvalue weighted by Crippen LogP contribution is -2.35. The smallest absolute Gasteiger partial charge is 0.388 e. The Hall–Kier alpha value is 0.290. The van der Waals surface area contributed by atoms with Gasteiger partial charge in [-0.15, -0.1) is 0 Å². The number of ether oxygens (including phenoxy) is 1. The second-order valence-electron chi connectivity index (χ2n) is 3.84. The molecule has 21 heavy (non-hydrogen) atoms. The average Bonchev–Trinajstić information content (AvgIpc) is 2.52. The summed E-state index contributed by atoms with van der Waals surface area (Å²) in [6.07, 6.45) is -4.37.